The molecule has 122 valence electrons. The maximum atomic E-state index is 12.3. The topological polar surface area (TPSA) is 110 Å². The summed E-state index contributed by atoms with van der Waals surface area (Å²) >= 11 is 0. The van der Waals surface area contributed by atoms with E-state index in [4.69, 9.17) is 0 Å². The van der Waals surface area contributed by atoms with Crippen LogP contribution in [-0.2, 0) is 4.79 Å². The molecule has 23 heavy (non-hydrogen) atoms. The molecule has 0 saturated carbocycles. The van der Waals surface area contributed by atoms with Gasteiger partial charge in [0, 0.05) is 12.6 Å². The molecule has 0 aromatic heterocycles. The molecule has 0 spiro atoms. The Hall–Kier alpha value is -2.77. The highest BCUT2D eigenvalue weighted by Crippen LogP contribution is 2.30. The van der Waals surface area contributed by atoms with Crippen molar-refractivity contribution in [1.82, 2.24) is 10.2 Å². The van der Waals surface area contributed by atoms with Gasteiger partial charge in [-0.15, -0.1) is 0 Å². The minimum Gasteiger partial charge on any atom is -0.355 e. The summed E-state index contributed by atoms with van der Waals surface area (Å²) in [6, 6.07) is 3.85. The SMILES string of the molecule is CC(C)CCNC(=O)CN1C(=O)c2cccc([N+](=O)[O-])c2C1=O. The summed E-state index contributed by atoms with van der Waals surface area (Å²) in [6.07, 6.45) is 0.777. The van der Waals surface area contributed by atoms with Crippen LogP contribution >= 0.6 is 0 Å². The zero-order chi connectivity index (χ0) is 17.1. The lowest BCUT2D eigenvalue weighted by Crippen LogP contribution is -2.40. The highest BCUT2D eigenvalue weighted by atomic mass is 16.6. The number of nitro benzene ring substituents is 1. The molecule has 0 fully saturated rings. The highest BCUT2D eigenvalue weighted by Gasteiger charge is 2.41. The molecule has 8 heteroatoms. The maximum absolute atomic E-state index is 12.3. The molecule has 0 saturated heterocycles. The Morgan fingerprint density at radius 2 is 2.00 bits per heavy atom. The number of benzene rings is 1. The van der Waals surface area contributed by atoms with Gasteiger partial charge in [-0.2, -0.15) is 0 Å². The van der Waals surface area contributed by atoms with E-state index in [9.17, 15) is 24.5 Å². The van der Waals surface area contributed by atoms with Gasteiger partial charge in [0.25, 0.3) is 17.5 Å². The van der Waals surface area contributed by atoms with E-state index in [0.29, 0.717) is 12.5 Å². The molecule has 0 radical (unpaired) electrons. The molecule has 1 N–H and O–H groups in total. The number of amides is 3. The summed E-state index contributed by atoms with van der Waals surface area (Å²) in [5, 5.41) is 13.6. The summed E-state index contributed by atoms with van der Waals surface area (Å²) in [6.45, 7) is 4.02. The average molecular weight is 319 g/mol. The van der Waals surface area contributed by atoms with Gasteiger partial charge in [0.1, 0.15) is 12.1 Å². The van der Waals surface area contributed by atoms with Crippen molar-refractivity contribution in [2.45, 2.75) is 20.3 Å². The van der Waals surface area contributed by atoms with Crippen LogP contribution in [0.25, 0.3) is 0 Å². The number of carbonyl (C=O) groups is 3. The monoisotopic (exact) mass is 319 g/mol. The number of hydrogen-bond donors (Lipinski definition) is 1. The van der Waals surface area contributed by atoms with Crippen molar-refractivity contribution in [3.05, 3.63) is 39.4 Å². The Balaban J connectivity index is 2.13. The zero-order valence-electron chi connectivity index (χ0n) is 12.9. The van der Waals surface area contributed by atoms with E-state index in [2.05, 4.69) is 5.32 Å². The lowest BCUT2D eigenvalue weighted by Gasteiger charge is -2.14. The van der Waals surface area contributed by atoms with E-state index in [0.717, 1.165) is 17.4 Å². The lowest BCUT2D eigenvalue weighted by atomic mass is 10.1. The van der Waals surface area contributed by atoms with Crippen molar-refractivity contribution in [3.63, 3.8) is 0 Å². The van der Waals surface area contributed by atoms with Crippen molar-refractivity contribution < 1.29 is 19.3 Å². The highest BCUT2D eigenvalue weighted by molar-refractivity contribution is 6.24. The molecule has 0 bridgehead atoms. The molecule has 0 atom stereocenters. The molecule has 0 aliphatic carbocycles. The summed E-state index contributed by atoms with van der Waals surface area (Å²) < 4.78 is 0. The predicted molar refractivity (Wildman–Crippen MR) is 80.9 cm³/mol. The molecule has 1 heterocycles. The number of hydrogen-bond acceptors (Lipinski definition) is 5. The Morgan fingerprint density at radius 3 is 2.61 bits per heavy atom. The first-order valence-electron chi connectivity index (χ1n) is 7.23. The first kappa shape index (κ1) is 16.6. The van der Waals surface area contributed by atoms with Crippen molar-refractivity contribution in [3.8, 4) is 0 Å². The van der Waals surface area contributed by atoms with E-state index in [-0.39, 0.29) is 11.1 Å². The van der Waals surface area contributed by atoms with Gasteiger partial charge in [-0.25, -0.2) is 0 Å². The third-order valence-corrected chi connectivity index (χ3v) is 3.52. The van der Waals surface area contributed by atoms with Crippen molar-refractivity contribution in [2.75, 3.05) is 13.1 Å². The van der Waals surface area contributed by atoms with E-state index >= 15 is 0 Å². The average Bonchev–Trinajstić information content (AvgIpc) is 2.72. The van der Waals surface area contributed by atoms with Crippen LogP contribution in [0.3, 0.4) is 0 Å². The number of rotatable bonds is 6. The fraction of sp³-hybridized carbons (Fsp3) is 0.400. The van der Waals surface area contributed by atoms with Crippen LogP contribution in [0.1, 0.15) is 41.0 Å². The second-order valence-electron chi connectivity index (χ2n) is 5.69. The molecule has 2 rings (SSSR count). The molecular formula is C15H17N3O5. The molecule has 1 aromatic carbocycles. The Labute approximate surface area is 132 Å². The third-order valence-electron chi connectivity index (χ3n) is 3.52. The van der Waals surface area contributed by atoms with Crippen LogP contribution in [0.4, 0.5) is 5.69 Å². The fourth-order valence-corrected chi connectivity index (χ4v) is 2.31. The van der Waals surface area contributed by atoms with E-state index < -0.39 is 34.9 Å². The van der Waals surface area contributed by atoms with Crippen molar-refractivity contribution >= 4 is 23.4 Å². The molecule has 0 unspecified atom stereocenters. The lowest BCUT2D eigenvalue weighted by molar-refractivity contribution is -0.385. The normalized spacial score (nSPS) is 13.4. The van der Waals surface area contributed by atoms with Gasteiger partial charge in [-0.3, -0.25) is 29.4 Å². The minimum atomic E-state index is -0.809. The zero-order valence-corrected chi connectivity index (χ0v) is 12.9. The summed E-state index contributed by atoms with van der Waals surface area (Å²) in [4.78, 5) is 47.3. The maximum Gasteiger partial charge on any atom is 0.282 e. The first-order chi connectivity index (χ1) is 10.8. The molecule has 8 nitrogen and oxygen atoms in total. The standard InChI is InChI=1S/C15H17N3O5/c1-9(2)6-7-16-12(19)8-17-14(20)10-4-3-5-11(18(22)23)13(10)15(17)21/h3-5,9H,6-8H2,1-2H3,(H,16,19). The van der Waals surface area contributed by atoms with Gasteiger partial charge in [-0.1, -0.05) is 19.9 Å². The molecule has 1 aliphatic rings. The van der Waals surface area contributed by atoms with E-state index in [1.807, 2.05) is 13.8 Å². The quantitative estimate of drug-likeness (QED) is 0.483. The van der Waals surface area contributed by atoms with Gasteiger partial charge >= 0.3 is 0 Å². The van der Waals surface area contributed by atoms with Gasteiger partial charge in [0.15, 0.2) is 0 Å². The van der Waals surface area contributed by atoms with E-state index in [1.165, 1.54) is 12.1 Å². The minimum absolute atomic E-state index is 0.0424. The number of fused-ring (bicyclic) bond motifs is 1. The number of nitrogens with one attached hydrogen (secondary N) is 1. The molecule has 1 aromatic rings. The third kappa shape index (κ3) is 3.36. The molecule has 3 amide bonds. The van der Waals surface area contributed by atoms with Crippen LogP contribution in [0.2, 0.25) is 0 Å². The largest absolute Gasteiger partial charge is 0.355 e. The smallest absolute Gasteiger partial charge is 0.282 e. The van der Waals surface area contributed by atoms with Crippen LogP contribution in [-0.4, -0.2) is 40.6 Å². The van der Waals surface area contributed by atoms with E-state index in [1.54, 1.807) is 0 Å². The molecule has 1 aliphatic heterocycles. The summed E-state index contributed by atoms with van der Waals surface area (Å²) in [5.74, 6) is -1.55. The predicted octanol–water partition coefficient (Wildman–Crippen LogP) is 1.35. The Bertz CT molecular complexity index is 684. The number of nitro groups is 1. The number of imide groups is 1. The number of nitrogens with zero attached hydrogens (tertiary/aromatic N) is 2. The molecular weight excluding hydrogens is 302 g/mol. The summed E-state index contributed by atoms with van der Waals surface area (Å²) in [5.41, 5.74) is -0.722. The number of carbonyl (C=O) groups excluding carboxylic acids is 3. The van der Waals surface area contributed by atoms with Gasteiger partial charge < -0.3 is 5.32 Å². The van der Waals surface area contributed by atoms with Gasteiger partial charge in [-0.05, 0) is 18.4 Å². The first-order valence-corrected chi connectivity index (χ1v) is 7.23. The van der Waals surface area contributed by atoms with Crippen LogP contribution in [0.5, 0.6) is 0 Å². The van der Waals surface area contributed by atoms with Crippen molar-refractivity contribution in [2.24, 2.45) is 5.92 Å². The van der Waals surface area contributed by atoms with Gasteiger partial charge in [0.05, 0.1) is 10.5 Å². The second-order valence-corrected chi connectivity index (χ2v) is 5.69. The van der Waals surface area contributed by atoms with Crippen molar-refractivity contribution in [1.29, 1.82) is 0 Å². The van der Waals surface area contributed by atoms with Crippen LogP contribution in [0.15, 0.2) is 18.2 Å². The second kappa shape index (κ2) is 6.55. The Morgan fingerprint density at radius 1 is 1.30 bits per heavy atom. The summed E-state index contributed by atoms with van der Waals surface area (Å²) in [7, 11) is 0. The van der Waals surface area contributed by atoms with Crippen LogP contribution < -0.4 is 5.32 Å². The van der Waals surface area contributed by atoms with Gasteiger partial charge in [0.2, 0.25) is 5.91 Å². The Kier molecular flexibility index (Phi) is 4.73. The fourth-order valence-electron chi connectivity index (χ4n) is 2.31. The van der Waals surface area contributed by atoms with Crippen LogP contribution in [0, 0.1) is 16.0 Å².